The van der Waals surface area contributed by atoms with E-state index in [1.54, 1.807) is 12.1 Å². The molecule has 10 heteroatoms. The highest BCUT2D eigenvalue weighted by molar-refractivity contribution is 7.89. The summed E-state index contributed by atoms with van der Waals surface area (Å²) in [5, 5.41) is 9.55. The van der Waals surface area contributed by atoms with E-state index in [0.29, 0.717) is 15.6 Å². The molecule has 0 saturated heterocycles. The minimum Gasteiger partial charge on any atom is -0.267 e. The first-order chi connectivity index (χ1) is 11.2. The van der Waals surface area contributed by atoms with E-state index in [9.17, 15) is 13.2 Å². The van der Waals surface area contributed by atoms with Crippen LogP contribution in [0.2, 0.25) is 15.1 Å². The molecule has 0 unspecified atom stereocenters. The number of sulfonamides is 1. The summed E-state index contributed by atoms with van der Waals surface area (Å²) in [6.07, 6.45) is 1.33. The molecule has 1 amide bonds. The van der Waals surface area contributed by atoms with Gasteiger partial charge in [0, 0.05) is 16.1 Å². The van der Waals surface area contributed by atoms with Crippen LogP contribution < -0.4 is 10.6 Å². The zero-order chi connectivity index (χ0) is 17.9. The molecule has 24 heavy (non-hydrogen) atoms. The molecule has 0 aliphatic heterocycles. The largest absolute Gasteiger partial charge is 0.271 e. The maximum atomic E-state index is 12.0. The first-order valence-corrected chi connectivity index (χ1v) is 8.97. The van der Waals surface area contributed by atoms with E-state index in [4.69, 9.17) is 39.9 Å². The van der Waals surface area contributed by atoms with Crippen LogP contribution in [0.15, 0.2) is 46.4 Å². The van der Waals surface area contributed by atoms with Gasteiger partial charge in [0.15, 0.2) is 0 Å². The van der Waals surface area contributed by atoms with Gasteiger partial charge >= 0.3 is 0 Å². The Labute approximate surface area is 153 Å². The van der Waals surface area contributed by atoms with Crippen molar-refractivity contribution in [2.24, 2.45) is 10.2 Å². The number of primary sulfonamides is 1. The number of nitrogens with zero attached hydrogens (tertiary/aromatic N) is 1. The second-order valence-electron chi connectivity index (χ2n) is 4.56. The van der Waals surface area contributed by atoms with Crippen molar-refractivity contribution in [1.82, 2.24) is 5.43 Å². The molecule has 0 fully saturated rings. The summed E-state index contributed by atoms with van der Waals surface area (Å²) in [5.74, 6) is -0.641. The van der Waals surface area contributed by atoms with Gasteiger partial charge in [-0.25, -0.2) is 19.0 Å². The normalized spacial score (nSPS) is 11.7. The highest BCUT2D eigenvalue weighted by atomic mass is 35.5. The summed E-state index contributed by atoms with van der Waals surface area (Å²) in [4.78, 5) is 11.7. The molecule has 3 N–H and O–H groups in total. The molecule has 2 aromatic carbocycles. The van der Waals surface area contributed by atoms with Gasteiger partial charge in [-0.2, -0.15) is 5.10 Å². The molecule has 0 bridgehead atoms. The Kier molecular flexibility index (Phi) is 5.84. The van der Waals surface area contributed by atoms with Gasteiger partial charge in [0.1, 0.15) is 4.90 Å². The van der Waals surface area contributed by atoms with E-state index in [-0.39, 0.29) is 15.5 Å². The van der Waals surface area contributed by atoms with Gasteiger partial charge in [-0.05, 0) is 30.3 Å². The molecule has 0 atom stereocenters. The van der Waals surface area contributed by atoms with Crippen LogP contribution in [0.3, 0.4) is 0 Å². The zero-order valence-electron chi connectivity index (χ0n) is 11.8. The third-order valence-electron chi connectivity index (χ3n) is 2.83. The number of carbonyl (C=O) groups is 1. The molecule has 0 aromatic heterocycles. The molecule has 126 valence electrons. The third kappa shape index (κ3) is 4.68. The lowest BCUT2D eigenvalue weighted by Crippen LogP contribution is -2.19. The van der Waals surface area contributed by atoms with Gasteiger partial charge in [0.05, 0.1) is 16.3 Å². The van der Waals surface area contributed by atoms with Crippen LogP contribution >= 0.6 is 34.8 Å². The number of amides is 1. The van der Waals surface area contributed by atoms with Crippen LogP contribution in [-0.4, -0.2) is 20.5 Å². The van der Waals surface area contributed by atoms with Crippen molar-refractivity contribution >= 4 is 56.9 Å². The number of nitrogens with two attached hydrogens (primary N) is 1. The van der Waals surface area contributed by atoms with Crippen molar-refractivity contribution in [3.63, 3.8) is 0 Å². The van der Waals surface area contributed by atoms with Gasteiger partial charge in [-0.1, -0.05) is 40.9 Å². The number of benzene rings is 2. The fraction of sp³-hybridized carbons (Fsp3) is 0. The molecule has 0 aliphatic carbocycles. The maximum Gasteiger partial charge on any atom is 0.271 e. The Bertz CT molecular complexity index is 930. The molecule has 6 nitrogen and oxygen atoms in total. The van der Waals surface area contributed by atoms with Crippen molar-refractivity contribution in [2.45, 2.75) is 4.90 Å². The first kappa shape index (κ1) is 18.7. The molecule has 2 rings (SSSR count). The van der Waals surface area contributed by atoms with Crippen LogP contribution in [0, 0.1) is 0 Å². The topological polar surface area (TPSA) is 102 Å². The minimum atomic E-state index is -4.04. The fourth-order valence-corrected chi connectivity index (χ4v) is 3.22. The van der Waals surface area contributed by atoms with E-state index in [1.807, 2.05) is 0 Å². The quantitative estimate of drug-likeness (QED) is 0.602. The number of halogens is 3. The average molecular weight is 407 g/mol. The second kappa shape index (κ2) is 7.50. The van der Waals surface area contributed by atoms with Crippen LogP contribution in [0.25, 0.3) is 0 Å². The predicted molar refractivity (Wildman–Crippen MR) is 94.3 cm³/mol. The number of hydrazone groups is 1. The van der Waals surface area contributed by atoms with Crippen LogP contribution in [0.4, 0.5) is 0 Å². The molecular formula is C14H10Cl3N3O3S. The summed E-state index contributed by atoms with van der Waals surface area (Å²) < 4.78 is 22.8. The van der Waals surface area contributed by atoms with Crippen molar-refractivity contribution in [1.29, 1.82) is 0 Å². The fourth-order valence-electron chi connectivity index (χ4n) is 1.69. The van der Waals surface area contributed by atoms with Crippen LogP contribution in [0.5, 0.6) is 0 Å². The Morgan fingerprint density at radius 3 is 2.42 bits per heavy atom. The predicted octanol–water partition coefficient (Wildman–Crippen LogP) is 3.06. The summed E-state index contributed by atoms with van der Waals surface area (Å²) in [6.45, 7) is 0. The van der Waals surface area contributed by atoms with Crippen molar-refractivity contribution in [2.75, 3.05) is 0 Å². The van der Waals surface area contributed by atoms with Gasteiger partial charge in [-0.15, -0.1) is 0 Å². The summed E-state index contributed by atoms with van der Waals surface area (Å²) in [7, 11) is -4.04. The van der Waals surface area contributed by atoms with E-state index in [2.05, 4.69) is 10.5 Å². The number of carbonyl (C=O) groups excluding carboxylic acids is 1. The third-order valence-corrected chi connectivity index (χ3v) is 4.79. The van der Waals surface area contributed by atoms with Crippen LogP contribution in [0.1, 0.15) is 15.9 Å². The first-order valence-electron chi connectivity index (χ1n) is 6.29. The number of hydrogen-bond acceptors (Lipinski definition) is 4. The van der Waals surface area contributed by atoms with Crippen molar-refractivity contribution in [3.05, 3.63) is 62.6 Å². The van der Waals surface area contributed by atoms with Crippen molar-refractivity contribution in [3.8, 4) is 0 Å². The van der Waals surface area contributed by atoms with E-state index < -0.39 is 15.9 Å². The second-order valence-corrected chi connectivity index (χ2v) is 7.34. The lowest BCUT2D eigenvalue weighted by molar-refractivity contribution is 0.0955. The number of rotatable bonds is 4. The highest BCUT2D eigenvalue weighted by Crippen LogP contribution is 2.21. The summed E-state index contributed by atoms with van der Waals surface area (Å²) in [5.41, 5.74) is 2.82. The lowest BCUT2D eigenvalue weighted by atomic mass is 10.2. The summed E-state index contributed by atoms with van der Waals surface area (Å²) >= 11 is 17.5. The molecule has 0 radical (unpaired) electrons. The van der Waals surface area contributed by atoms with Crippen molar-refractivity contribution < 1.29 is 13.2 Å². The summed E-state index contributed by atoms with van der Waals surface area (Å²) in [6, 6.07) is 8.45. The Morgan fingerprint density at radius 1 is 1.08 bits per heavy atom. The van der Waals surface area contributed by atoms with Gasteiger partial charge in [-0.3, -0.25) is 4.79 Å². The standard InChI is InChI=1S/C14H10Cl3N3O3S/c15-10-3-1-9(12(17)6-10)7-19-20-14(21)8-2-4-11(16)13(5-8)24(18,22)23/h1-7H,(H,20,21)(H2,18,22,23)/b19-7-. The molecule has 0 heterocycles. The zero-order valence-corrected chi connectivity index (χ0v) is 14.9. The van der Waals surface area contributed by atoms with Crippen LogP contribution in [-0.2, 0) is 10.0 Å². The SMILES string of the molecule is NS(=O)(=O)c1cc(C(=O)N/N=C\c2ccc(Cl)cc2Cl)ccc1Cl. The molecule has 0 aliphatic rings. The number of hydrogen-bond donors (Lipinski definition) is 2. The smallest absolute Gasteiger partial charge is 0.267 e. The maximum absolute atomic E-state index is 12.0. The molecule has 2 aromatic rings. The highest BCUT2D eigenvalue weighted by Gasteiger charge is 2.16. The Hall–Kier alpha value is -1.64. The van der Waals surface area contributed by atoms with E-state index >= 15 is 0 Å². The molecule has 0 saturated carbocycles. The molecule has 0 spiro atoms. The van der Waals surface area contributed by atoms with E-state index in [1.165, 1.54) is 24.4 Å². The van der Waals surface area contributed by atoms with E-state index in [0.717, 1.165) is 6.07 Å². The monoisotopic (exact) mass is 405 g/mol. The average Bonchev–Trinajstić information content (AvgIpc) is 2.48. The Morgan fingerprint density at radius 2 is 1.79 bits per heavy atom. The van der Waals surface area contributed by atoms with Gasteiger partial charge in [0.25, 0.3) is 5.91 Å². The lowest BCUT2D eigenvalue weighted by Gasteiger charge is -2.05. The van der Waals surface area contributed by atoms with Gasteiger partial charge < -0.3 is 0 Å². The Balaban J connectivity index is 2.17. The number of nitrogens with one attached hydrogen (secondary N) is 1. The van der Waals surface area contributed by atoms with Gasteiger partial charge in [0.2, 0.25) is 10.0 Å². The molecular weight excluding hydrogens is 397 g/mol. The minimum absolute atomic E-state index is 0.0304.